The van der Waals surface area contributed by atoms with Crippen molar-refractivity contribution >= 4 is 18.2 Å². The molecule has 1 aromatic carbocycles. The minimum Gasteiger partial charge on any atom is -0.406 e. The summed E-state index contributed by atoms with van der Waals surface area (Å²) in [6.07, 6.45) is -4.72. The van der Waals surface area contributed by atoms with Gasteiger partial charge < -0.3 is 10.5 Å². The number of nitrogens with two attached hydrogens (primary N) is 1. The lowest BCUT2D eigenvalue weighted by atomic mass is 10.1. The molecule has 0 heterocycles. The molecule has 16 heavy (non-hydrogen) atoms. The molecule has 0 atom stereocenters. The molecule has 1 rings (SSSR count). The van der Waals surface area contributed by atoms with Gasteiger partial charge in [0.05, 0.1) is 6.54 Å². The Morgan fingerprint density at radius 1 is 1.25 bits per heavy atom. The van der Waals surface area contributed by atoms with E-state index in [1.54, 1.807) is 0 Å². The first-order chi connectivity index (χ1) is 6.92. The Kier molecular flexibility index (Phi) is 5.26. The van der Waals surface area contributed by atoms with Crippen LogP contribution in [0.1, 0.15) is 10.4 Å². The molecular weight excluding hydrogens is 247 g/mol. The first-order valence-electron chi connectivity index (χ1n) is 4.01. The predicted octanol–water partition coefficient (Wildman–Crippen LogP) is 2.15. The smallest absolute Gasteiger partial charge is 0.406 e. The molecule has 0 aliphatic heterocycles. The second-order valence-corrected chi connectivity index (χ2v) is 2.70. The third-order valence-corrected chi connectivity index (χ3v) is 1.60. The molecular formula is C9H9ClF3NO2. The maximum atomic E-state index is 11.8. The summed E-state index contributed by atoms with van der Waals surface area (Å²) >= 11 is 0. The molecule has 0 aromatic heterocycles. The molecule has 7 heteroatoms. The number of benzene rings is 1. The normalized spacial score (nSPS) is 10.5. The summed E-state index contributed by atoms with van der Waals surface area (Å²) in [5, 5.41) is 0. The van der Waals surface area contributed by atoms with Crippen LogP contribution in [0, 0.1) is 0 Å². The highest BCUT2D eigenvalue weighted by Gasteiger charge is 2.30. The zero-order valence-electron chi connectivity index (χ0n) is 7.95. The van der Waals surface area contributed by atoms with E-state index < -0.39 is 6.36 Å². The third kappa shape index (κ3) is 4.50. The van der Waals surface area contributed by atoms with Crippen LogP contribution in [-0.4, -0.2) is 18.7 Å². The van der Waals surface area contributed by atoms with Crippen LogP contribution in [0.25, 0.3) is 0 Å². The lowest BCUT2D eigenvalue weighted by Gasteiger charge is -2.08. The molecule has 1 aromatic rings. The minimum absolute atomic E-state index is 0. The van der Waals surface area contributed by atoms with Gasteiger partial charge in [-0.25, -0.2) is 0 Å². The molecule has 0 fully saturated rings. The van der Waals surface area contributed by atoms with E-state index in [1.165, 1.54) is 12.1 Å². The SMILES string of the molecule is Cl.NCC(=O)c1ccc(OC(F)(F)F)cc1. The van der Waals surface area contributed by atoms with Gasteiger partial charge in [-0.05, 0) is 24.3 Å². The maximum Gasteiger partial charge on any atom is 0.573 e. The molecule has 90 valence electrons. The van der Waals surface area contributed by atoms with Crippen molar-refractivity contribution in [1.29, 1.82) is 0 Å². The van der Waals surface area contributed by atoms with Gasteiger partial charge in [-0.3, -0.25) is 4.79 Å². The molecule has 0 bridgehead atoms. The van der Waals surface area contributed by atoms with Gasteiger partial charge in [0, 0.05) is 5.56 Å². The highest BCUT2D eigenvalue weighted by Crippen LogP contribution is 2.22. The number of carbonyl (C=O) groups is 1. The van der Waals surface area contributed by atoms with Crippen LogP contribution in [0.3, 0.4) is 0 Å². The van der Waals surface area contributed by atoms with Crippen molar-refractivity contribution in [3.05, 3.63) is 29.8 Å². The summed E-state index contributed by atoms with van der Waals surface area (Å²) in [6, 6.07) is 4.60. The van der Waals surface area contributed by atoms with E-state index in [0.29, 0.717) is 0 Å². The first kappa shape index (κ1) is 14.7. The molecule has 0 amide bonds. The summed E-state index contributed by atoms with van der Waals surface area (Å²) in [4.78, 5) is 11.0. The molecule has 0 spiro atoms. The van der Waals surface area contributed by atoms with Crippen molar-refractivity contribution in [1.82, 2.24) is 0 Å². The zero-order valence-corrected chi connectivity index (χ0v) is 8.77. The van der Waals surface area contributed by atoms with Crippen LogP contribution in [0.4, 0.5) is 13.2 Å². The second kappa shape index (κ2) is 5.72. The fourth-order valence-electron chi connectivity index (χ4n) is 0.960. The molecule has 0 radical (unpaired) electrons. The van der Waals surface area contributed by atoms with E-state index in [0.717, 1.165) is 12.1 Å². The molecule has 0 aliphatic carbocycles. The Labute approximate surface area is 95.8 Å². The molecule has 0 saturated carbocycles. The monoisotopic (exact) mass is 255 g/mol. The van der Waals surface area contributed by atoms with Crippen LogP contribution in [-0.2, 0) is 0 Å². The van der Waals surface area contributed by atoms with E-state index in [4.69, 9.17) is 5.73 Å². The number of carbonyl (C=O) groups excluding carboxylic acids is 1. The minimum atomic E-state index is -4.72. The Bertz CT molecular complexity index is 351. The Balaban J connectivity index is 0.00000225. The third-order valence-electron chi connectivity index (χ3n) is 1.60. The van der Waals surface area contributed by atoms with Crippen LogP contribution in [0.5, 0.6) is 5.75 Å². The highest BCUT2D eigenvalue weighted by molar-refractivity contribution is 5.97. The van der Waals surface area contributed by atoms with Crippen molar-refractivity contribution in [3.8, 4) is 5.75 Å². The van der Waals surface area contributed by atoms with E-state index in [9.17, 15) is 18.0 Å². The number of alkyl halides is 3. The van der Waals surface area contributed by atoms with E-state index in [2.05, 4.69) is 4.74 Å². The highest BCUT2D eigenvalue weighted by atomic mass is 35.5. The molecule has 3 nitrogen and oxygen atoms in total. The zero-order chi connectivity index (χ0) is 11.5. The first-order valence-corrected chi connectivity index (χ1v) is 4.01. The van der Waals surface area contributed by atoms with Gasteiger partial charge >= 0.3 is 6.36 Å². The van der Waals surface area contributed by atoms with Crippen molar-refractivity contribution in [2.75, 3.05) is 6.54 Å². The lowest BCUT2D eigenvalue weighted by Crippen LogP contribution is -2.17. The molecule has 2 N–H and O–H groups in total. The average Bonchev–Trinajstić information content (AvgIpc) is 2.15. The van der Waals surface area contributed by atoms with Gasteiger partial charge in [-0.1, -0.05) is 0 Å². The summed E-state index contributed by atoms with van der Waals surface area (Å²) in [6.45, 7) is -0.181. The average molecular weight is 256 g/mol. The second-order valence-electron chi connectivity index (χ2n) is 2.70. The quantitative estimate of drug-likeness (QED) is 0.842. The number of hydrogen-bond acceptors (Lipinski definition) is 3. The van der Waals surface area contributed by atoms with Crippen LogP contribution in [0.15, 0.2) is 24.3 Å². The summed E-state index contributed by atoms with van der Waals surface area (Å²) in [7, 11) is 0. The predicted molar refractivity (Wildman–Crippen MR) is 53.8 cm³/mol. The van der Waals surface area contributed by atoms with Crippen LogP contribution in [0.2, 0.25) is 0 Å². The number of ether oxygens (including phenoxy) is 1. The Morgan fingerprint density at radius 2 is 1.75 bits per heavy atom. The van der Waals surface area contributed by atoms with Crippen molar-refractivity contribution in [2.45, 2.75) is 6.36 Å². The van der Waals surface area contributed by atoms with Crippen LogP contribution >= 0.6 is 12.4 Å². The van der Waals surface area contributed by atoms with Crippen LogP contribution < -0.4 is 10.5 Å². The molecule has 0 unspecified atom stereocenters. The molecule has 0 saturated heterocycles. The number of hydrogen-bond donors (Lipinski definition) is 1. The Morgan fingerprint density at radius 3 is 2.12 bits per heavy atom. The van der Waals surface area contributed by atoms with E-state index >= 15 is 0 Å². The van der Waals surface area contributed by atoms with Gasteiger partial charge in [0.1, 0.15) is 5.75 Å². The largest absolute Gasteiger partial charge is 0.573 e. The summed E-state index contributed by atoms with van der Waals surface area (Å²) in [5.74, 6) is -0.704. The van der Waals surface area contributed by atoms with Crippen molar-refractivity contribution in [2.24, 2.45) is 5.73 Å². The number of ketones is 1. The topological polar surface area (TPSA) is 52.3 Å². The Hall–Kier alpha value is -1.27. The summed E-state index contributed by atoms with van der Waals surface area (Å²) < 4.78 is 38.9. The number of halogens is 4. The van der Waals surface area contributed by atoms with Crippen molar-refractivity contribution in [3.63, 3.8) is 0 Å². The van der Waals surface area contributed by atoms with Crippen molar-refractivity contribution < 1.29 is 22.7 Å². The van der Waals surface area contributed by atoms with Gasteiger partial charge in [0.25, 0.3) is 0 Å². The summed E-state index contributed by atoms with van der Waals surface area (Å²) in [5.41, 5.74) is 5.34. The lowest BCUT2D eigenvalue weighted by molar-refractivity contribution is -0.274. The van der Waals surface area contributed by atoms with Gasteiger partial charge in [-0.2, -0.15) is 0 Å². The number of Topliss-reactive ketones (excluding diaryl/α,β-unsaturated/α-hetero) is 1. The van der Waals surface area contributed by atoms with Gasteiger partial charge in [0.15, 0.2) is 5.78 Å². The fourth-order valence-corrected chi connectivity index (χ4v) is 0.960. The number of rotatable bonds is 3. The van der Waals surface area contributed by atoms with E-state index in [1.807, 2.05) is 0 Å². The van der Waals surface area contributed by atoms with Gasteiger partial charge in [0.2, 0.25) is 0 Å². The standard InChI is InChI=1S/C9H8F3NO2.ClH/c10-9(11,12)15-7-3-1-6(2-4-7)8(14)5-13;/h1-4H,5,13H2;1H. The molecule has 0 aliphatic rings. The maximum absolute atomic E-state index is 11.8. The van der Waals surface area contributed by atoms with E-state index in [-0.39, 0.29) is 36.0 Å². The van der Waals surface area contributed by atoms with Gasteiger partial charge in [-0.15, -0.1) is 25.6 Å². The fraction of sp³-hybridized carbons (Fsp3) is 0.222.